The first kappa shape index (κ1) is 14.8. The molecular formula is C17H32. The minimum absolute atomic E-state index is 1.09. The van der Waals surface area contributed by atoms with Crippen molar-refractivity contribution in [1.29, 1.82) is 0 Å². The Bertz CT molecular complexity index is 174. The standard InChI is InChI=1S/C17H32/c1-2-3-4-5-6-7-8-9-10-11-14-17-15-12-13-16-17/h7-8,17H,2-6,9-16H2,1H3/b8-7-. The topological polar surface area (TPSA) is 0 Å². The minimum Gasteiger partial charge on any atom is -0.0885 e. The van der Waals surface area contributed by atoms with Crippen LogP contribution in [-0.4, -0.2) is 0 Å². The second kappa shape index (κ2) is 10.9. The van der Waals surface area contributed by atoms with E-state index in [1.807, 2.05) is 0 Å². The van der Waals surface area contributed by atoms with Crippen molar-refractivity contribution >= 4 is 0 Å². The van der Waals surface area contributed by atoms with Gasteiger partial charge in [0, 0.05) is 0 Å². The molecule has 0 aromatic heterocycles. The van der Waals surface area contributed by atoms with Crippen molar-refractivity contribution in [2.24, 2.45) is 5.92 Å². The average Bonchev–Trinajstić information content (AvgIpc) is 2.85. The van der Waals surface area contributed by atoms with Gasteiger partial charge in [-0.3, -0.25) is 0 Å². The highest BCUT2D eigenvalue weighted by atomic mass is 14.2. The highest BCUT2D eigenvalue weighted by molar-refractivity contribution is 4.81. The highest BCUT2D eigenvalue weighted by Gasteiger charge is 2.13. The summed E-state index contributed by atoms with van der Waals surface area (Å²) in [4.78, 5) is 0. The largest absolute Gasteiger partial charge is 0.0885 e. The summed E-state index contributed by atoms with van der Waals surface area (Å²) in [6, 6.07) is 0. The van der Waals surface area contributed by atoms with Crippen LogP contribution in [0.2, 0.25) is 0 Å². The molecule has 17 heavy (non-hydrogen) atoms. The van der Waals surface area contributed by atoms with E-state index in [1.54, 1.807) is 0 Å². The molecule has 0 unspecified atom stereocenters. The Morgan fingerprint density at radius 3 is 2.12 bits per heavy atom. The molecule has 0 saturated heterocycles. The third-order valence-electron chi connectivity index (χ3n) is 4.10. The number of rotatable bonds is 10. The van der Waals surface area contributed by atoms with E-state index in [0.717, 1.165) is 5.92 Å². The van der Waals surface area contributed by atoms with Crippen LogP contribution in [0.4, 0.5) is 0 Å². The van der Waals surface area contributed by atoms with Gasteiger partial charge in [0.2, 0.25) is 0 Å². The normalized spacial score (nSPS) is 17.2. The smallest absolute Gasteiger partial charge is 0.0351 e. The summed E-state index contributed by atoms with van der Waals surface area (Å²) < 4.78 is 0. The Morgan fingerprint density at radius 1 is 0.824 bits per heavy atom. The van der Waals surface area contributed by atoms with Gasteiger partial charge in [-0.05, 0) is 31.6 Å². The van der Waals surface area contributed by atoms with Crippen molar-refractivity contribution in [2.75, 3.05) is 0 Å². The van der Waals surface area contributed by atoms with Gasteiger partial charge < -0.3 is 0 Å². The predicted molar refractivity (Wildman–Crippen MR) is 78.3 cm³/mol. The van der Waals surface area contributed by atoms with Gasteiger partial charge in [0.15, 0.2) is 0 Å². The Hall–Kier alpha value is -0.260. The number of allylic oxidation sites excluding steroid dienone is 2. The molecule has 0 aromatic carbocycles. The van der Waals surface area contributed by atoms with Gasteiger partial charge in [-0.25, -0.2) is 0 Å². The van der Waals surface area contributed by atoms with Crippen LogP contribution in [0, 0.1) is 5.92 Å². The average molecular weight is 236 g/mol. The molecule has 0 nitrogen and oxygen atoms in total. The first-order chi connectivity index (χ1) is 8.43. The van der Waals surface area contributed by atoms with Gasteiger partial charge in [0.25, 0.3) is 0 Å². The van der Waals surface area contributed by atoms with E-state index in [1.165, 1.54) is 83.5 Å². The SMILES string of the molecule is CCCCCC/C=C\CCCCC1CCCC1. The van der Waals surface area contributed by atoms with Crippen LogP contribution in [0.25, 0.3) is 0 Å². The summed E-state index contributed by atoms with van der Waals surface area (Å²) in [7, 11) is 0. The summed E-state index contributed by atoms with van der Waals surface area (Å²) in [5.74, 6) is 1.09. The van der Waals surface area contributed by atoms with Gasteiger partial charge in [0.05, 0.1) is 0 Å². The van der Waals surface area contributed by atoms with Crippen molar-refractivity contribution < 1.29 is 0 Å². The summed E-state index contributed by atoms with van der Waals surface area (Å²) in [6.07, 6.45) is 23.5. The molecule has 0 aliphatic heterocycles. The quantitative estimate of drug-likeness (QED) is 0.310. The number of hydrogen-bond donors (Lipinski definition) is 0. The maximum atomic E-state index is 2.42. The molecule has 1 rings (SSSR count). The van der Waals surface area contributed by atoms with Crippen LogP contribution in [0.1, 0.15) is 90.4 Å². The van der Waals surface area contributed by atoms with Gasteiger partial charge in [-0.2, -0.15) is 0 Å². The summed E-state index contributed by atoms with van der Waals surface area (Å²) >= 11 is 0. The zero-order chi connectivity index (χ0) is 12.2. The van der Waals surface area contributed by atoms with Crippen molar-refractivity contribution in [1.82, 2.24) is 0 Å². The molecule has 1 saturated carbocycles. The zero-order valence-corrected chi connectivity index (χ0v) is 11.9. The van der Waals surface area contributed by atoms with Crippen molar-refractivity contribution in [2.45, 2.75) is 90.4 Å². The molecule has 1 aliphatic carbocycles. The maximum absolute atomic E-state index is 2.42. The lowest BCUT2D eigenvalue weighted by Gasteiger charge is -2.06. The molecule has 0 atom stereocenters. The molecule has 1 fully saturated rings. The Balaban J connectivity index is 1.78. The van der Waals surface area contributed by atoms with E-state index in [4.69, 9.17) is 0 Å². The van der Waals surface area contributed by atoms with E-state index in [-0.39, 0.29) is 0 Å². The molecule has 0 N–H and O–H groups in total. The van der Waals surface area contributed by atoms with E-state index in [2.05, 4.69) is 19.1 Å². The molecule has 0 bridgehead atoms. The fraction of sp³-hybridized carbons (Fsp3) is 0.882. The third-order valence-corrected chi connectivity index (χ3v) is 4.10. The monoisotopic (exact) mass is 236 g/mol. The molecule has 100 valence electrons. The first-order valence-electron chi connectivity index (χ1n) is 8.08. The molecule has 0 radical (unpaired) electrons. The van der Waals surface area contributed by atoms with Crippen molar-refractivity contribution in [3.05, 3.63) is 12.2 Å². The van der Waals surface area contributed by atoms with Crippen LogP contribution in [0.3, 0.4) is 0 Å². The summed E-state index contributed by atoms with van der Waals surface area (Å²) in [6.45, 7) is 2.28. The summed E-state index contributed by atoms with van der Waals surface area (Å²) in [5, 5.41) is 0. The van der Waals surface area contributed by atoms with Crippen LogP contribution in [0.5, 0.6) is 0 Å². The van der Waals surface area contributed by atoms with E-state index < -0.39 is 0 Å². The van der Waals surface area contributed by atoms with Crippen LogP contribution < -0.4 is 0 Å². The second-order valence-corrected chi connectivity index (χ2v) is 5.76. The first-order valence-corrected chi connectivity index (χ1v) is 8.08. The highest BCUT2D eigenvalue weighted by Crippen LogP contribution is 2.29. The Morgan fingerprint density at radius 2 is 1.47 bits per heavy atom. The van der Waals surface area contributed by atoms with Crippen LogP contribution in [0.15, 0.2) is 12.2 Å². The van der Waals surface area contributed by atoms with Crippen LogP contribution >= 0.6 is 0 Å². The van der Waals surface area contributed by atoms with Gasteiger partial charge in [-0.15, -0.1) is 0 Å². The fourth-order valence-corrected chi connectivity index (χ4v) is 2.92. The zero-order valence-electron chi connectivity index (χ0n) is 11.9. The fourth-order valence-electron chi connectivity index (χ4n) is 2.92. The Kier molecular flexibility index (Phi) is 9.46. The lowest BCUT2D eigenvalue weighted by atomic mass is 10.00. The molecule has 0 amide bonds. The molecule has 0 spiro atoms. The second-order valence-electron chi connectivity index (χ2n) is 5.76. The van der Waals surface area contributed by atoms with Gasteiger partial charge in [-0.1, -0.05) is 76.9 Å². The minimum atomic E-state index is 1.09. The molecule has 0 heterocycles. The van der Waals surface area contributed by atoms with Crippen molar-refractivity contribution in [3.8, 4) is 0 Å². The van der Waals surface area contributed by atoms with E-state index in [9.17, 15) is 0 Å². The lowest BCUT2D eigenvalue weighted by Crippen LogP contribution is -1.92. The molecule has 1 aliphatic rings. The van der Waals surface area contributed by atoms with E-state index >= 15 is 0 Å². The van der Waals surface area contributed by atoms with E-state index in [0.29, 0.717) is 0 Å². The molecule has 0 heteroatoms. The van der Waals surface area contributed by atoms with Crippen molar-refractivity contribution in [3.63, 3.8) is 0 Å². The number of unbranched alkanes of at least 4 members (excludes halogenated alkanes) is 6. The molecule has 0 aromatic rings. The summed E-state index contributed by atoms with van der Waals surface area (Å²) in [5.41, 5.74) is 0. The lowest BCUT2D eigenvalue weighted by molar-refractivity contribution is 0.475. The van der Waals surface area contributed by atoms with Gasteiger partial charge >= 0.3 is 0 Å². The number of hydrogen-bond acceptors (Lipinski definition) is 0. The Labute approximate surface area is 109 Å². The van der Waals surface area contributed by atoms with Crippen LogP contribution in [-0.2, 0) is 0 Å². The van der Waals surface area contributed by atoms with Gasteiger partial charge in [0.1, 0.15) is 0 Å². The predicted octanol–water partition coefficient (Wildman–Crippen LogP) is 6.26. The maximum Gasteiger partial charge on any atom is -0.0351 e. The third kappa shape index (κ3) is 8.46. The molecular weight excluding hydrogens is 204 g/mol.